The van der Waals surface area contributed by atoms with Crippen molar-refractivity contribution in [1.29, 1.82) is 0 Å². The second-order valence-corrected chi connectivity index (χ2v) is 3.53. The van der Waals surface area contributed by atoms with E-state index in [2.05, 4.69) is 20.8 Å². The molecule has 0 fully saturated rings. The van der Waals surface area contributed by atoms with E-state index >= 15 is 0 Å². The lowest BCUT2D eigenvalue weighted by Crippen LogP contribution is -2.36. The molecule has 1 rings (SSSR count). The molecule has 0 bridgehead atoms. The van der Waals surface area contributed by atoms with Crippen LogP contribution in [0, 0.1) is 0 Å². The highest BCUT2D eigenvalue weighted by atomic mass is 32.1. The molecule has 0 amide bonds. The Morgan fingerprint density at radius 3 is 3.00 bits per heavy atom. The smallest absolute Gasteiger partial charge is 0.187 e. The first-order valence-electron chi connectivity index (χ1n) is 4.41. The molecular formula is C9H14N4S. The number of hydrazone groups is 1. The van der Waals surface area contributed by atoms with Gasteiger partial charge >= 0.3 is 0 Å². The maximum absolute atomic E-state index is 4.98. The van der Waals surface area contributed by atoms with Crippen LogP contribution in [0.5, 0.6) is 0 Å². The van der Waals surface area contributed by atoms with E-state index in [9.17, 15) is 0 Å². The molecule has 0 atom stereocenters. The van der Waals surface area contributed by atoms with E-state index in [1.165, 1.54) is 0 Å². The average molecular weight is 210 g/mol. The molecule has 0 unspecified atom stereocenters. The lowest BCUT2D eigenvalue weighted by Gasteiger charge is -2.09. The highest BCUT2D eigenvalue weighted by Gasteiger charge is 1.94. The van der Waals surface area contributed by atoms with Crippen LogP contribution < -0.4 is 10.7 Å². The van der Waals surface area contributed by atoms with Gasteiger partial charge in [-0.05, 0) is 38.2 Å². The van der Waals surface area contributed by atoms with Gasteiger partial charge in [0.1, 0.15) is 0 Å². The Hall–Kier alpha value is -1.36. The number of thiocarbonyl (C=S) groups is 1. The van der Waals surface area contributed by atoms with E-state index < -0.39 is 0 Å². The third kappa shape index (κ3) is 4.04. The topological polar surface area (TPSA) is 52.2 Å². The van der Waals surface area contributed by atoms with Crippen LogP contribution in [0.1, 0.15) is 19.5 Å². The highest BCUT2D eigenvalue weighted by molar-refractivity contribution is 7.80. The van der Waals surface area contributed by atoms with Crippen molar-refractivity contribution in [2.75, 3.05) is 0 Å². The summed E-state index contributed by atoms with van der Waals surface area (Å²) in [7, 11) is 0. The zero-order valence-electron chi connectivity index (χ0n) is 8.24. The van der Waals surface area contributed by atoms with Crippen LogP contribution in [0.4, 0.5) is 0 Å². The van der Waals surface area contributed by atoms with Crippen molar-refractivity contribution in [1.82, 2.24) is 15.7 Å². The first kappa shape index (κ1) is 10.7. The van der Waals surface area contributed by atoms with Crippen LogP contribution in [-0.2, 0) is 0 Å². The fraction of sp³-hybridized carbons (Fsp3) is 0.333. The lowest BCUT2D eigenvalue weighted by atomic mass is 10.4. The van der Waals surface area contributed by atoms with E-state index in [0.717, 1.165) is 5.69 Å². The normalized spacial score (nSPS) is 10.8. The molecule has 0 aliphatic rings. The standard InChI is InChI=1S/C9H14N4S/c1-7(2)12-9(14)13-11-6-8-4-3-5-10-8/h3-7,10H,1-2H3,(H2,12,13,14)/b11-6-. The molecule has 0 saturated carbocycles. The van der Waals surface area contributed by atoms with Gasteiger partial charge in [0.05, 0.1) is 11.9 Å². The first-order valence-corrected chi connectivity index (χ1v) is 4.82. The van der Waals surface area contributed by atoms with Crippen LogP contribution in [0.25, 0.3) is 0 Å². The summed E-state index contributed by atoms with van der Waals surface area (Å²) in [6, 6.07) is 4.14. The number of rotatable bonds is 3. The Morgan fingerprint density at radius 2 is 2.43 bits per heavy atom. The second kappa shape index (κ2) is 5.39. The van der Waals surface area contributed by atoms with Gasteiger partial charge in [-0.2, -0.15) is 5.10 Å². The molecule has 0 aliphatic carbocycles. The van der Waals surface area contributed by atoms with Crippen molar-refractivity contribution in [3.63, 3.8) is 0 Å². The van der Waals surface area contributed by atoms with Crippen molar-refractivity contribution in [2.24, 2.45) is 5.10 Å². The van der Waals surface area contributed by atoms with Crippen LogP contribution in [0.15, 0.2) is 23.4 Å². The van der Waals surface area contributed by atoms with Gasteiger partial charge in [0, 0.05) is 12.2 Å². The molecule has 0 radical (unpaired) electrons. The van der Waals surface area contributed by atoms with Crippen molar-refractivity contribution in [3.8, 4) is 0 Å². The third-order valence-electron chi connectivity index (χ3n) is 1.41. The van der Waals surface area contributed by atoms with Gasteiger partial charge in [-0.1, -0.05) is 0 Å². The molecule has 14 heavy (non-hydrogen) atoms. The summed E-state index contributed by atoms with van der Waals surface area (Å²) in [5.41, 5.74) is 3.66. The number of H-pyrrole nitrogens is 1. The molecule has 3 N–H and O–H groups in total. The Kier molecular flexibility index (Phi) is 4.12. The molecule has 1 aromatic heterocycles. The molecule has 1 heterocycles. The molecule has 0 aromatic carbocycles. The molecule has 76 valence electrons. The molecule has 1 aromatic rings. The van der Waals surface area contributed by atoms with E-state index in [1.807, 2.05) is 32.2 Å². The van der Waals surface area contributed by atoms with Crippen molar-refractivity contribution in [2.45, 2.75) is 19.9 Å². The minimum atomic E-state index is 0.315. The quantitative estimate of drug-likeness (QED) is 0.399. The lowest BCUT2D eigenvalue weighted by molar-refractivity contribution is 0.719. The summed E-state index contributed by atoms with van der Waals surface area (Å²) in [4.78, 5) is 3.00. The minimum absolute atomic E-state index is 0.315. The summed E-state index contributed by atoms with van der Waals surface area (Å²) in [5.74, 6) is 0. The van der Waals surface area contributed by atoms with Gasteiger partial charge in [0.15, 0.2) is 5.11 Å². The maximum Gasteiger partial charge on any atom is 0.187 e. The number of aromatic amines is 1. The molecule has 5 heteroatoms. The monoisotopic (exact) mass is 210 g/mol. The van der Waals surface area contributed by atoms with Crippen LogP contribution in [0.3, 0.4) is 0 Å². The fourth-order valence-electron chi connectivity index (χ4n) is 0.879. The maximum atomic E-state index is 4.98. The predicted molar refractivity (Wildman–Crippen MR) is 62.4 cm³/mol. The molecule has 0 spiro atoms. The number of nitrogens with zero attached hydrogens (tertiary/aromatic N) is 1. The Bertz CT molecular complexity index is 303. The zero-order chi connectivity index (χ0) is 10.4. The van der Waals surface area contributed by atoms with E-state index in [1.54, 1.807) is 6.21 Å². The summed E-state index contributed by atoms with van der Waals surface area (Å²) < 4.78 is 0. The summed E-state index contributed by atoms with van der Waals surface area (Å²) in [6.07, 6.45) is 3.51. The van der Waals surface area contributed by atoms with Gasteiger partial charge in [-0.25, -0.2) is 0 Å². The zero-order valence-corrected chi connectivity index (χ0v) is 9.06. The second-order valence-electron chi connectivity index (χ2n) is 3.12. The van der Waals surface area contributed by atoms with E-state index in [4.69, 9.17) is 12.2 Å². The van der Waals surface area contributed by atoms with Crippen LogP contribution in [-0.4, -0.2) is 22.4 Å². The van der Waals surface area contributed by atoms with Gasteiger partial charge in [-0.3, -0.25) is 5.43 Å². The van der Waals surface area contributed by atoms with Gasteiger partial charge in [0.25, 0.3) is 0 Å². The Balaban J connectivity index is 2.30. The predicted octanol–water partition coefficient (Wildman–Crippen LogP) is 1.22. The van der Waals surface area contributed by atoms with Gasteiger partial charge in [-0.15, -0.1) is 0 Å². The average Bonchev–Trinajstić information content (AvgIpc) is 2.55. The van der Waals surface area contributed by atoms with Crippen molar-refractivity contribution < 1.29 is 0 Å². The SMILES string of the molecule is CC(C)NC(=S)N/N=C\c1ccc[nH]1. The van der Waals surface area contributed by atoms with Gasteiger partial charge in [0.2, 0.25) is 0 Å². The Labute approximate surface area is 88.8 Å². The van der Waals surface area contributed by atoms with Crippen LogP contribution in [0.2, 0.25) is 0 Å². The molecule has 0 aliphatic heterocycles. The van der Waals surface area contributed by atoms with Crippen molar-refractivity contribution >= 4 is 23.5 Å². The number of hydrogen-bond acceptors (Lipinski definition) is 2. The highest BCUT2D eigenvalue weighted by Crippen LogP contribution is 1.88. The summed E-state index contributed by atoms with van der Waals surface area (Å²) in [6.45, 7) is 4.03. The first-order chi connectivity index (χ1) is 6.68. The summed E-state index contributed by atoms with van der Waals surface area (Å²) >= 11 is 4.98. The fourth-order valence-corrected chi connectivity index (χ4v) is 1.17. The third-order valence-corrected chi connectivity index (χ3v) is 1.62. The molecule has 4 nitrogen and oxygen atoms in total. The number of aromatic nitrogens is 1. The van der Waals surface area contributed by atoms with E-state index in [0.29, 0.717) is 11.2 Å². The van der Waals surface area contributed by atoms with Gasteiger partial charge < -0.3 is 10.3 Å². The number of nitrogens with one attached hydrogen (secondary N) is 3. The van der Waals surface area contributed by atoms with E-state index in [-0.39, 0.29) is 0 Å². The van der Waals surface area contributed by atoms with Crippen molar-refractivity contribution in [3.05, 3.63) is 24.0 Å². The number of hydrogen-bond donors (Lipinski definition) is 3. The molecular weight excluding hydrogens is 196 g/mol. The van der Waals surface area contributed by atoms with Crippen LogP contribution >= 0.6 is 12.2 Å². The molecule has 0 saturated heterocycles. The minimum Gasteiger partial charge on any atom is -0.360 e. The summed E-state index contributed by atoms with van der Waals surface area (Å²) in [5, 5.41) is 7.51. The Morgan fingerprint density at radius 1 is 1.64 bits per heavy atom. The largest absolute Gasteiger partial charge is 0.360 e.